The molecule has 8 heteroatoms. The van der Waals surface area contributed by atoms with Crippen LogP contribution in [0.15, 0.2) is 29.2 Å². The maximum absolute atomic E-state index is 12.9. The van der Waals surface area contributed by atoms with E-state index in [1.54, 1.807) is 24.3 Å². The predicted molar refractivity (Wildman–Crippen MR) is 104 cm³/mol. The van der Waals surface area contributed by atoms with Gasteiger partial charge in [0.25, 0.3) is 0 Å². The molecule has 1 amide bonds. The fraction of sp³-hybridized carbons (Fsp3) is 0.611. The number of hydrogen-bond acceptors (Lipinski definition) is 4. The Bertz CT molecular complexity index is 716. The van der Waals surface area contributed by atoms with Crippen LogP contribution in [0.1, 0.15) is 31.2 Å². The van der Waals surface area contributed by atoms with Crippen LogP contribution in [0.3, 0.4) is 0 Å². The topological polar surface area (TPSA) is 83.7 Å². The van der Waals surface area contributed by atoms with Gasteiger partial charge in [-0.05, 0) is 44.7 Å². The molecule has 0 bridgehead atoms. The van der Waals surface area contributed by atoms with Gasteiger partial charge in [0.05, 0.1) is 10.8 Å². The molecule has 2 fully saturated rings. The number of halogens is 1. The number of nitrogens with zero attached hydrogens (tertiary/aromatic N) is 2. The minimum absolute atomic E-state index is 0. The number of amides is 1. The third kappa shape index (κ3) is 4.57. The van der Waals surface area contributed by atoms with E-state index in [1.165, 1.54) is 4.31 Å². The lowest BCUT2D eigenvalue weighted by atomic mass is 9.96. The Morgan fingerprint density at radius 3 is 2.31 bits per heavy atom. The maximum atomic E-state index is 12.9. The third-order valence-corrected chi connectivity index (χ3v) is 7.12. The van der Waals surface area contributed by atoms with Crippen LogP contribution in [-0.2, 0) is 14.8 Å². The average Bonchev–Trinajstić information content (AvgIpc) is 2.62. The van der Waals surface area contributed by atoms with Crippen LogP contribution in [0.4, 0.5) is 0 Å². The van der Waals surface area contributed by atoms with Crippen molar-refractivity contribution < 1.29 is 13.2 Å². The summed E-state index contributed by atoms with van der Waals surface area (Å²) < 4.78 is 27.2. The zero-order valence-corrected chi connectivity index (χ0v) is 16.8. The van der Waals surface area contributed by atoms with E-state index in [9.17, 15) is 13.2 Å². The van der Waals surface area contributed by atoms with Gasteiger partial charge in [0.15, 0.2) is 0 Å². The fourth-order valence-electron chi connectivity index (χ4n) is 3.60. The lowest BCUT2D eigenvalue weighted by molar-refractivity contribution is -0.137. The molecule has 0 spiro atoms. The van der Waals surface area contributed by atoms with Crippen LogP contribution in [0.2, 0.25) is 0 Å². The van der Waals surface area contributed by atoms with Crippen LogP contribution in [0.5, 0.6) is 0 Å². The Labute approximate surface area is 162 Å². The molecule has 1 unspecified atom stereocenters. The van der Waals surface area contributed by atoms with Crippen molar-refractivity contribution in [3.05, 3.63) is 29.8 Å². The van der Waals surface area contributed by atoms with Crippen molar-refractivity contribution in [1.29, 1.82) is 0 Å². The van der Waals surface area contributed by atoms with Gasteiger partial charge >= 0.3 is 0 Å². The van der Waals surface area contributed by atoms with E-state index in [1.807, 2.05) is 11.8 Å². The number of aryl methyl sites for hydroxylation is 1. The summed E-state index contributed by atoms with van der Waals surface area (Å²) in [7, 11) is -3.54. The van der Waals surface area contributed by atoms with E-state index >= 15 is 0 Å². The molecule has 0 aromatic heterocycles. The van der Waals surface area contributed by atoms with Gasteiger partial charge < -0.3 is 10.6 Å². The molecule has 2 aliphatic heterocycles. The number of carbonyl (C=O) groups is 1. The quantitative estimate of drug-likeness (QED) is 0.836. The zero-order valence-electron chi connectivity index (χ0n) is 15.1. The van der Waals surface area contributed by atoms with E-state index < -0.39 is 10.0 Å². The Morgan fingerprint density at radius 1 is 1.08 bits per heavy atom. The van der Waals surface area contributed by atoms with E-state index in [-0.39, 0.29) is 36.8 Å². The minimum atomic E-state index is -3.54. The van der Waals surface area contributed by atoms with Gasteiger partial charge in [0, 0.05) is 32.2 Å². The third-order valence-electron chi connectivity index (χ3n) is 5.24. The van der Waals surface area contributed by atoms with Gasteiger partial charge in [-0.15, -0.1) is 12.4 Å². The molecule has 26 heavy (non-hydrogen) atoms. The lowest BCUT2D eigenvalue weighted by Crippen LogP contribution is -2.49. The number of carbonyl (C=O) groups excluding carboxylic acids is 1. The SMILES string of the molecule is Cc1ccc(S(=O)(=O)N2CCCC(C(=O)N3CCC(N)CC3)C2)cc1.Cl. The number of hydrogen-bond donors (Lipinski definition) is 1. The second-order valence-corrected chi connectivity index (χ2v) is 9.12. The van der Waals surface area contributed by atoms with E-state index in [4.69, 9.17) is 5.73 Å². The van der Waals surface area contributed by atoms with Crippen molar-refractivity contribution >= 4 is 28.3 Å². The highest BCUT2D eigenvalue weighted by Crippen LogP contribution is 2.26. The Kier molecular flexibility index (Phi) is 7.07. The molecule has 1 aromatic rings. The van der Waals surface area contributed by atoms with Crippen LogP contribution < -0.4 is 5.73 Å². The van der Waals surface area contributed by atoms with Crippen molar-refractivity contribution in [2.45, 2.75) is 43.5 Å². The smallest absolute Gasteiger partial charge is 0.243 e. The van der Waals surface area contributed by atoms with E-state index in [0.29, 0.717) is 24.5 Å². The summed E-state index contributed by atoms with van der Waals surface area (Å²) in [6.45, 7) is 4.04. The highest BCUT2D eigenvalue weighted by atomic mass is 35.5. The molecule has 2 N–H and O–H groups in total. The normalized spacial score (nSPS) is 22.7. The van der Waals surface area contributed by atoms with Crippen molar-refractivity contribution in [3.63, 3.8) is 0 Å². The molecule has 0 aliphatic carbocycles. The summed E-state index contributed by atoms with van der Waals surface area (Å²) in [6, 6.07) is 7.06. The van der Waals surface area contributed by atoms with Gasteiger partial charge in [-0.1, -0.05) is 17.7 Å². The van der Waals surface area contributed by atoms with Gasteiger partial charge in [-0.3, -0.25) is 4.79 Å². The first-order valence-corrected chi connectivity index (χ1v) is 10.4. The van der Waals surface area contributed by atoms with Gasteiger partial charge in [0.1, 0.15) is 0 Å². The van der Waals surface area contributed by atoms with E-state index in [0.717, 1.165) is 31.2 Å². The van der Waals surface area contributed by atoms with Crippen molar-refractivity contribution in [1.82, 2.24) is 9.21 Å². The molecule has 1 atom stereocenters. The molecule has 1 aromatic carbocycles. The number of rotatable bonds is 3. The maximum Gasteiger partial charge on any atom is 0.243 e. The molecular formula is C18H28ClN3O3S. The molecule has 2 aliphatic rings. The molecule has 6 nitrogen and oxygen atoms in total. The summed E-state index contributed by atoms with van der Waals surface area (Å²) in [6.07, 6.45) is 3.11. The number of likely N-dealkylation sites (tertiary alicyclic amines) is 1. The highest BCUT2D eigenvalue weighted by Gasteiger charge is 2.35. The van der Waals surface area contributed by atoms with Crippen LogP contribution in [0, 0.1) is 12.8 Å². The predicted octanol–water partition coefficient (Wildman–Crippen LogP) is 1.77. The molecule has 0 radical (unpaired) electrons. The summed E-state index contributed by atoms with van der Waals surface area (Å²) in [5.41, 5.74) is 6.93. The molecule has 3 rings (SSSR count). The van der Waals surface area contributed by atoms with Gasteiger partial charge in [-0.25, -0.2) is 8.42 Å². The second-order valence-electron chi connectivity index (χ2n) is 7.18. The Hall–Kier alpha value is -1.15. The monoisotopic (exact) mass is 401 g/mol. The van der Waals surface area contributed by atoms with Crippen LogP contribution in [0.25, 0.3) is 0 Å². The number of sulfonamides is 1. The van der Waals surface area contributed by atoms with Crippen LogP contribution in [-0.4, -0.2) is 55.8 Å². The van der Waals surface area contributed by atoms with Gasteiger partial charge in [-0.2, -0.15) is 4.31 Å². The zero-order chi connectivity index (χ0) is 18.0. The lowest BCUT2D eigenvalue weighted by Gasteiger charge is -2.36. The highest BCUT2D eigenvalue weighted by molar-refractivity contribution is 7.89. The molecule has 146 valence electrons. The Morgan fingerprint density at radius 2 is 1.69 bits per heavy atom. The number of piperidine rings is 2. The summed E-state index contributed by atoms with van der Waals surface area (Å²) >= 11 is 0. The first-order valence-electron chi connectivity index (χ1n) is 8.99. The number of nitrogens with two attached hydrogens (primary N) is 1. The summed E-state index contributed by atoms with van der Waals surface area (Å²) in [4.78, 5) is 14.9. The number of benzene rings is 1. The standard InChI is InChI=1S/C18H27N3O3S.ClH/c1-14-4-6-17(7-5-14)25(23,24)21-10-2-3-15(13-21)18(22)20-11-8-16(19)9-12-20;/h4-7,15-16H,2-3,8-13,19H2,1H3;1H. The summed E-state index contributed by atoms with van der Waals surface area (Å²) in [5, 5.41) is 0. The van der Waals surface area contributed by atoms with Crippen molar-refractivity contribution in [3.8, 4) is 0 Å². The fourth-order valence-corrected chi connectivity index (χ4v) is 5.12. The van der Waals surface area contributed by atoms with Gasteiger partial charge in [0.2, 0.25) is 15.9 Å². The average molecular weight is 402 g/mol. The molecule has 2 heterocycles. The molecule has 0 saturated carbocycles. The minimum Gasteiger partial charge on any atom is -0.342 e. The van der Waals surface area contributed by atoms with E-state index in [2.05, 4.69) is 0 Å². The largest absolute Gasteiger partial charge is 0.342 e. The van der Waals surface area contributed by atoms with Crippen LogP contribution >= 0.6 is 12.4 Å². The summed E-state index contributed by atoms with van der Waals surface area (Å²) in [5.74, 6) is -0.168. The van der Waals surface area contributed by atoms with Crippen molar-refractivity contribution in [2.24, 2.45) is 11.7 Å². The first-order chi connectivity index (χ1) is 11.9. The molecule has 2 saturated heterocycles. The first kappa shape index (κ1) is 21.2. The second kappa shape index (κ2) is 8.69. The molecular weight excluding hydrogens is 374 g/mol. The van der Waals surface area contributed by atoms with Crippen molar-refractivity contribution in [2.75, 3.05) is 26.2 Å². The Balaban J connectivity index is 0.00000243.